The summed E-state index contributed by atoms with van der Waals surface area (Å²) in [6.45, 7) is 3.26. The molecule has 0 radical (unpaired) electrons. The van der Waals surface area contributed by atoms with Crippen LogP contribution in [0.5, 0.6) is 0 Å². The molecule has 0 unspecified atom stereocenters. The monoisotopic (exact) mass is 269 g/mol. The second-order valence-corrected chi connectivity index (χ2v) is 6.06. The minimum Gasteiger partial charge on any atom is -0.353 e. The summed E-state index contributed by atoms with van der Waals surface area (Å²) in [5.74, 6) is 0.962. The van der Waals surface area contributed by atoms with Gasteiger partial charge in [-0.1, -0.05) is 13.3 Å². The van der Waals surface area contributed by atoms with Crippen LogP contribution in [0.25, 0.3) is 0 Å². The lowest BCUT2D eigenvalue weighted by molar-refractivity contribution is 0.657. The van der Waals surface area contributed by atoms with Gasteiger partial charge >= 0.3 is 0 Å². The van der Waals surface area contributed by atoms with Crippen molar-refractivity contribution in [3.8, 4) is 6.07 Å². The van der Waals surface area contributed by atoms with Crippen molar-refractivity contribution in [2.24, 2.45) is 0 Å². The Kier molecular flexibility index (Phi) is 3.91. The summed E-state index contributed by atoms with van der Waals surface area (Å²) in [4.78, 5) is 7.30. The highest BCUT2D eigenvalue weighted by atomic mass is 15.2. The average molecular weight is 269 g/mol. The lowest BCUT2D eigenvalue weighted by Gasteiger charge is -2.26. The Labute approximate surface area is 121 Å². The predicted octanol–water partition coefficient (Wildman–Crippen LogP) is 3.60. The van der Waals surface area contributed by atoms with Gasteiger partial charge in [0.2, 0.25) is 0 Å². The molecule has 3 heteroatoms. The molecule has 0 aliphatic heterocycles. The van der Waals surface area contributed by atoms with E-state index in [1.165, 1.54) is 49.8 Å². The van der Waals surface area contributed by atoms with Gasteiger partial charge in [0.25, 0.3) is 0 Å². The van der Waals surface area contributed by atoms with Crippen molar-refractivity contribution in [1.82, 2.24) is 4.98 Å². The van der Waals surface area contributed by atoms with Crippen molar-refractivity contribution < 1.29 is 0 Å². The van der Waals surface area contributed by atoms with E-state index in [4.69, 9.17) is 4.98 Å². The van der Waals surface area contributed by atoms with Crippen molar-refractivity contribution in [1.29, 1.82) is 5.26 Å². The standard InChI is InChI=1S/C17H23N3/c1-2-3-10-20(15-8-9-15)17-14(12-18)11-13-6-4-5-7-16(13)19-17/h11,15H,2-10H2,1H3. The summed E-state index contributed by atoms with van der Waals surface area (Å²) in [7, 11) is 0. The van der Waals surface area contributed by atoms with Gasteiger partial charge in [0.05, 0.1) is 5.56 Å². The number of hydrogen-bond donors (Lipinski definition) is 0. The normalized spacial score (nSPS) is 17.4. The van der Waals surface area contributed by atoms with Gasteiger partial charge in [0.15, 0.2) is 0 Å². The van der Waals surface area contributed by atoms with E-state index < -0.39 is 0 Å². The minimum absolute atomic E-state index is 0.628. The molecule has 106 valence electrons. The highest BCUT2D eigenvalue weighted by molar-refractivity contribution is 5.57. The summed E-state index contributed by atoms with van der Waals surface area (Å²) < 4.78 is 0. The molecule has 0 spiro atoms. The van der Waals surface area contributed by atoms with Crippen LogP contribution in [0.4, 0.5) is 5.82 Å². The van der Waals surface area contributed by atoms with Crippen LogP contribution in [0.3, 0.4) is 0 Å². The Hall–Kier alpha value is -1.56. The van der Waals surface area contributed by atoms with E-state index in [0.717, 1.165) is 30.8 Å². The van der Waals surface area contributed by atoms with E-state index in [-0.39, 0.29) is 0 Å². The number of fused-ring (bicyclic) bond motifs is 1. The molecule has 3 rings (SSSR count). The lowest BCUT2D eigenvalue weighted by Crippen LogP contribution is -2.29. The zero-order valence-corrected chi connectivity index (χ0v) is 12.4. The first-order valence-corrected chi connectivity index (χ1v) is 8.03. The molecule has 1 fully saturated rings. The van der Waals surface area contributed by atoms with Crippen LogP contribution in [-0.4, -0.2) is 17.6 Å². The maximum absolute atomic E-state index is 9.48. The van der Waals surface area contributed by atoms with E-state index in [2.05, 4.69) is 24.0 Å². The molecule has 0 amide bonds. The fourth-order valence-corrected chi connectivity index (χ4v) is 3.10. The summed E-state index contributed by atoms with van der Waals surface area (Å²) in [5.41, 5.74) is 3.34. The topological polar surface area (TPSA) is 39.9 Å². The first-order chi connectivity index (χ1) is 9.83. The van der Waals surface area contributed by atoms with Crippen molar-refractivity contribution in [2.75, 3.05) is 11.4 Å². The van der Waals surface area contributed by atoms with E-state index in [9.17, 15) is 5.26 Å². The molecule has 1 aromatic heterocycles. The summed E-state index contributed by atoms with van der Waals surface area (Å²) in [5, 5.41) is 9.48. The fourth-order valence-electron chi connectivity index (χ4n) is 3.10. The van der Waals surface area contributed by atoms with Gasteiger partial charge in [0, 0.05) is 18.3 Å². The Balaban J connectivity index is 1.95. The average Bonchev–Trinajstić information content (AvgIpc) is 3.31. The number of anilines is 1. The van der Waals surface area contributed by atoms with Crippen molar-refractivity contribution in [2.45, 2.75) is 64.3 Å². The largest absolute Gasteiger partial charge is 0.353 e. The number of aromatic nitrogens is 1. The van der Waals surface area contributed by atoms with E-state index in [1.54, 1.807) is 0 Å². The molecule has 0 bridgehead atoms. The number of unbranched alkanes of at least 4 members (excludes halogenated alkanes) is 1. The van der Waals surface area contributed by atoms with E-state index in [1.807, 2.05) is 0 Å². The van der Waals surface area contributed by atoms with Crippen molar-refractivity contribution in [3.63, 3.8) is 0 Å². The Morgan fingerprint density at radius 2 is 2.15 bits per heavy atom. The predicted molar refractivity (Wildman–Crippen MR) is 80.9 cm³/mol. The molecule has 3 nitrogen and oxygen atoms in total. The smallest absolute Gasteiger partial charge is 0.147 e. The van der Waals surface area contributed by atoms with Crippen molar-refractivity contribution in [3.05, 3.63) is 22.9 Å². The van der Waals surface area contributed by atoms with E-state index >= 15 is 0 Å². The molecule has 0 N–H and O–H groups in total. The van der Waals surface area contributed by atoms with Gasteiger partial charge < -0.3 is 4.90 Å². The highest BCUT2D eigenvalue weighted by Crippen LogP contribution is 2.34. The molecular formula is C17H23N3. The maximum Gasteiger partial charge on any atom is 0.147 e. The fraction of sp³-hybridized carbons (Fsp3) is 0.647. The van der Waals surface area contributed by atoms with Crippen molar-refractivity contribution >= 4 is 5.82 Å². The van der Waals surface area contributed by atoms with Gasteiger partial charge in [-0.25, -0.2) is 4.98 Å². The summed E-state index contributed by atoms with van der Waals surface area (Å²) in [6.07, 6.45) is 9.54. The Bertz CT molecular complexity index is 526. The number of aryl methyl sites for hydroxylation is 2. The molecule has 1 aromatic rings. The minimum atomic E-state index is 0.628. The van der Waals surface area contributed by atoms with E-state index in [0.29, 0.717) is 6.04 Å². The summed E-state index contributed by atoms with van der Waals surface area (Å²) in [6, 6.07) is 5.12. The third-order valence-electron chi connectivity index (χ3n) is 4.41. The summed E-state index contributed by atoms with van der Waals surface area (Å²) >= 11 is 0. The number of nitriles is 1. The molecule has 1 heterocycles. The van der Waals surface area contributed by atoms with Gasteiger partial charge in [-0.15, -0.1) is 0 Å². The maximum atomic E-state index is 9.48. The third kappa shape index (κ3) is 2.65. The van der Waals surface area contributed by atoms with Gasteiger partial charge in [-0.05, 0) is 56.6 Å². The Morgan fingerprint density at radius 1 is 1.35 bits per heavy atom. The first-order valence-electron chi connectivity index (χ1n) is 8.03. The number of nitrogens with zero attached hydrogens (tertiary/aromatic N) is 3. The molecular weight excluding hydrogens is 246 g/mol. The molecule has 20 heavy (non-hydrogen) atoms. The van der Waals surface area contributed by atoms with Crippen LogP contribution >= 0.6 is 0 Å². The molecule has 1 saturated carbocycles. The third-order valence-corrected chi connectivity index (χ3v) is 4.41. The second-order valence-electron chi connectivity index (χ2n) is 6.06. The Morgan fingerprint density at radius 3 is 2.85 bits per heavy atom. The van der Waals surface area contributed by atoms with Gasteiger partial charge in [-0.3, -0.25) is 0 Å². The SMILES string of the molecule is CCCCN(c1nc2c(cc1C#N)CCCC2)C1CC1. The second kappa shape index (κ2) is 5.83. The molecule has 0 aromatic carbocycles. The van der Waals surface area contributed by atoms with Crippen LogP contribution < -0.4 is 4.90 Å². The van der Waals surface area contributed by atoms with Crippen LogP contribution in [0, 0.1) is 11.3 Å². The lowest BCUT2D eigenvalue weighted by atomic mass is 9.95. The molecule has 2 aliphatic carbocycles. The highest BCUT2D eigenvalue weighted by Gasteiger charge is 2.31. The van der Waals surface area contributed by atoms with Crippen LogP contribution in [-0.2, 0) is 12.8 Å². The van der Waals surface area contributed by atoms with Crippen LogP contribution in [0.2, 0.25) is 0 Å². The zero-order chi connectivity index (χ0) is 13.9. The number of pyridine rings is 1. The molecule has 2 aliphatic rings. The number of rotatable bonds is 5. The molecule has 0 atom stereocenters. The van der Waals surface area contributed by atoms with Gasteiger partial charge in [0.1, 0.15) is 11.9 Å². The van der Waals surface area contributed by atoms with Crippen LogP contribution in [0.1, 0.15) is 62.3 Å². The zero-order valence-electron chi connectivity index (χ0n) is 12.4. The first kappa shape index (κ1) is 13.4. The van der Waals surface area contributed by atoms with Gasteiger partial charge in [-0.2, -0.15) is 5.26 Å². The molecule has 0 saturated heterocycles. The van der Waals surface area contributed by atoms with Crippen LogP contribution in [0.15, 0.2) is 6.07 Å². The number of hydrogen-bond acceptors (Lipinski definition) is 3. The quantitative estimate of drug-likeness (QED) is 0.820.